The van der Waals surface area contributed by atoms with Gasteiger partial charge < -0.3 is 15.7 Å². The Morgan fingerprint density at radius 3 is 2.07 bits per heavy atom. The summed E-state index contributed by atoms with van der Waals surface area (Å²) in [6.07, 6.45) is -5.74. The summed E-state index contributed by atoms with van der Waals surface area (Å²) in [6, 6.07) is 13.7. The number of carboxylic acids is 1. The second-order valence-corrected chi connectivity index (χ2v) is 10.6. The monoisotopic (exact) mass is 674 g/mol. The largest absolute Gasteiger partial charge is 0.490 e. The Morgan fingerprint density at radius 1 is 0.886 bits per heavy atom. The number of aromatic nitrogens is 4. The van der Waals surface area contributed by atoms with Gasteiger partial charge in [0, 0.05) is 41.1 Å². The number of halogens is 8. The van der Waals surface area contributed by atoms with Crippen molar-refractivity contribution >= 4 is 68.3 Å². The molecule has 0 spiro atoms. The lowest BCUT2D eigenvalue weighted by molar-refractivity contribution is -0.192. The molecular formula is C27H18Cl2F6N6O2S. The Hall–Kier alpha value is -4.21. The van der Waals surface area contributed by atoms with E-state index in [4.69, 9.17) is 38.1 Å². The van der Waals surface area contributed by atoms with Crippen LogP contribution in [0, 0.1) is 0 Å². The molecular weight excluding hydrogens is 657 g/mol. The summed E-state index contributed by atoms with van der Waals surface area (Å²) >= 11 is 14.0. The third-order valence-electron chi connectivity index (χ3n) is 5.61. The summed E-state index contributed by atoms with van der Waals surface area (Å²) in [5.74, 6) is -2.06. The second kappa shape index (κ2) is 13.6. The maximum atomic E-state index is 13.0. The zero-order chi connectivity index (χ0) is 32.1. The first-order valence-corrected chi connectivity index (χ1v) is 13.8. The van der Waals surface area contributed by atoms with Crippen molar-refractivity contribution in [1.29, 1.82) is 0 Å². The number of carbonyl (C=O) groups is 1. The van der Waals surface area contributed by atoms with Crippen molar-refractivity contribution in [2.24, 2.45) is 0 Å². The van der Waals surface area contributed by atoms with Crippen molar-refractivity contribution in [3.8, 4) is 0 Å². The van der Waals surface area contributed by atoms with E-state index in [1.807, 2.05) is 12.1 Å². The third kappa shape index (κ3) is 8.67. The molecule has 0 fully saturated rings. The van der Waals surface area contributed by atoms with Gasteiger partial charge in [-0.1, -0.05) is 40.6 Å². The lowest BCUT2D eigenvalue weighted by Crippen LogP contribution is -2.21. The van der Waals surface area contributed by atoms with Gasteiger partial charge in [0.1, 0.15) is 10.5 Å². The van der Waals surface area contributed by atoms with E-state index in [1.54, 1.807) is 30.6 Å². The molecule has 0 atom stereocenters. The van der Waals surface area contributed by atoms with Crippen LogP contribution in [0.25, 0.3) is 10.3 Å². The molecule has 0 amide bonds. The first kappa shape index (κ1) is 32.7. The van der Waals surface area contributed by atoms with E-state index in [9.17, 15) is 26.3 Å². The molecule has 0 aliphatic carbocycles. The Bertz CT molecular complexity index is 1730. The molecule has 5 rings (SSSR count). The zero-order valence-electron chi connectivity index (χ0n) is 21.8. The number of carboxylic acid groups (broad SMARTS) is 1. The zero-order valence-corrected chi connectivity index (χ0v) is 24.2. The van der Waals surface area contributed by atoms with Gasteiger partial charge in [0.25, 0.3) is 0 Å². The lowest BCUT2D eigenvalue weighted by Gasteiger charge is -2.11. The maximum Gasteiger partial charge on any atom is 0.490 e. The van der Waals surface area contributed by atoms with E-state index in [0.29, 0.717) is 55.8 Å². The normalized spacial score (nSPS) is 11.5. The minimum absolute atomic E-state index is 0.338. The van der Waals surface area contributed by atoms with Crippen molar-refractivity contribution in [2.45, 2.75) is 25.3 Å². The van der Waals surface area contributed by atoms with Crippen LogP contribution in [-0.4, -0.2) is 37.2 Å². The van der Waals surface area contributed by atoms with Gasteiger partial charge >= 0.3 is 18.3 Å². The van der Waals surface area contributed by atoms with Crippen LogP contribution in [0.1, 0.15) is 21.7 Å². The average molecular weight is 675 g/mol. The Balaban J connectivity index is 0.000000566. The third-order valence-corrected chi connectivity index (χ3v) is 7.27. The molecule has 0 bridgehead atoms. The van der Waals surface area contributed by atoms with Gasteiger partial charge in [-0.25, -0.2) is 14.8 Å². The number of fused-ring (bicyclic) bond motifs is 1. The Labute approximate surface area is 258 Å². The SMILES string of the molecule is FC(F)(F)c1ccc(Nc2nc(NCc3ccncc3)nc3sc(Cc4c(Cl)cccc4Cl)nc23)cc1.O=C(O)C(F)(F)F. The number of hydrogen-bond donors (Lipinski definition) is 3. The van der Waals surface area contributed by atoms with Crippen LogP contribution in [0.3, 0.4) is 0 Å². The van der Waals surface area contributed by atoms with Crippen LogP contribution in [-0.2, 0) is 23.9 Å². The molecule has 3 N–H and O–H groups in total. The van der Waals surface area contributed by atoms with Crippen molar-refractivity contribution < 1.29 is 36.2 Å². The van der Waals surface area contributed by atoms with Crippen LogP contribution < -0.4 is 10.6 Å². The highest BCUT2D eigenvalue weighted by Gasteiger charge is 2.38. The van der Waals surface area contributed by atoms with Gasteiger partial charge in [0.15, 0.2) is 10.6 Å². The lowest BCUT2D eigenvalue weighted by atomic mass is 10.1. The van der Waals surface area contributed by atoms with Gasteiger partial charge in [0.2, 0.25) is 5.95 Å². The summed E-state index contributed by atoms with van der Waals surface area (Å²) in [7, 11) is 0. The van der Waals surface area contributed by atoms with Crippen LogP contribution in [0.4, 0.5) is 43.8 Å². The summed E-state index contributed by atoms with van der Waals surface area (Å²) in [5.41, 5.74) is 1.90. The van der Waals surface area contributed by atoms with E-state index in [2.05, 4.69) is 25.6 Å². The molecule has 8 nitrogen and oxygen atoms in total. The highest BCUT2D eigenvalue weighted by molar-refractivity contribution is 7.18. The number of nitrogens with zero attached hydrogens (tertiary/aromatic N) is 4. The number of nitrogens with one attached hydrogen (secondary N) is 2. The molecule has 0 saturated heterocycles. The van der Waals surface area contributed by atoms with Crippen molar-refractivity contribution in [1.82, 2.24) is 19.9 Å². The topological polar surface area (TPSA) is 113 Å². The van der Waals surface area contributed by atoms with Gasteiger partial charge in [0.05, 0.1) is 5.56 Å². The number of anilines is 3. The first-order valence-electron chi connectivity index (χ1n) is 12.2. The standard InChI is InChI=1S/C25H17Cl2F3N6S.C2HF3O2/c26-18-2-1-3-19(27)17(18)12-20-34-21-22(33-16-6-4-15(5-7-16)25(28,29)30)35-24(36-23(21)37-20)32-13-14-8-10-31-11-9-14;3-2(4,5)1(6)7/h1-11H,12-13H2,(H2,32,33,35,36);(H,6,7). The highest BCUT2D eigenvalue weighted by atomic mass is 35.5. The van der Waals surface area contributed by atoms with Gasteiger partial charge in [-0.2, -0.15) is 31.3 Å². The fraction of sp³-hybridized carbons (Fsp3) is 0.148. The van der Waals surface area contributed by atoms with E-state index in [1.165, 1.54) is 23.5 Å². The van der Waals surface area contributed by atoms with Crippen LogP contribution in [0.15, 0.2) is 67.0 Å². The molecule has 44 heavy (non-hydrogen) atoms. The number of alkyl halides is 6. The molecule has 0 unspecified atom stereocenters. The van der Waals surface area contributed by atoms with Crippen molar-refractivity contribution in [3.63, 3.8) is 0 Å². The first-order chi connectivity index (χ1) is 20.7. The van der Waals surface area contributed by atoms with E-state index in [-0.39, 0.29) is 0 Å². The Morgan fingerprint density at radius 2 is 1.50 bits per heavy atom. The van der Waals surface area contributed by atoms with Gasteiger partial charge in [-0.15, -0.1) is 0 Å². The predicted molar refractivity (Wildman–Crippen MR) is 154 cm³/mol. The summed E-state index contributed by atoms with van der Waals surface area (Å²) in [5, 5.41) is 15.2. The molecule has 5 aromatic rings. The van der Waals surface area contributed by atoms with Crippen molar-refractivity contribution in [3.05, 3.63) is 98.7 Å². The maximum absolute atomic E-state index is 13.0. The number of benzene rings is 2. The molecule has 2 aromatic carbocycles. The summed E-state index contributed by atoms with van der Waals surface area (Å²) in [4.78, 5) is 27.4. The minimum atomic E-state index is -5.08. The molecule has 3 heterocycles. The number of pyridine rings is 1. The molecule has 17 heteroatoms. The number of hydrogen-bond acceptors (Lipinski definition) is 8. The molecule has 0 saturated carbocycles. The molecule has 0 aliphatic heterocycles. The molecule has 3 aromatic heterocycles. The highest BCUT2D eigenvalue weighted by Crippen LogP contribution is 2.34. The van der Waals surface area contributed by atoms with E-state index in [0.717, 1.165) is 23.3 Å². The molecule has 230 valence electrons. The van der Waals surface area contributed by atoms with Gasteiger partial charge in [-0.05, 0) is 59.7 Å². The van der Waals surface area contributed by atoms with Crippen LogP contribution in [0.5, 0.6) is 0 Å². The summed E-state index contributed by atoms with van der Waals surface area (Å²) in [6.45, 7) is 0.453. The predicted octanol–water partition coefficient (Wildman–Crippen LogP) is 8.39. The molecule has 0 aliphatic rings. The quantitative estimate of drug-likeness (QED) is 0.148. The molecule has 0 radical (unpaired) electrons. The van der Waals surface area contributed by atoms with Crippen LogP contribution >= 0.6 is 34.5 Å². The average Bonchev–Trinajstić information content (AvgIpc) is 3.37. The fourth-order valence-electron chi connectivity index (χ4n) is 3.52. The van der Waals surface area contributed by atoms with Crippen molar-refractivity contribution in [2.75, 3.05) is 10.6 Å². The smallest absolute Gasteiger partial charge is 0.475 e. The summed E-state index contributed by atoms with van der Waals surface area (Å²) < 4.78 is 70.7. The van der Waals surface area contributed by atoms with E-state index < -0.39 is 23.9 Å². The number of thiazole rings is 1. The minimum Gasteiger partial charge on any atom is -0.475 e. The number of rotatable bonds is 7. The van der Waals surface area contributed by atoms with E-state index >= 15 is 0 Å². The van der Waals surface area contributed by atoms with Crippen LogP contribution in [0.2, 0.25) is 10.0 Å². The second-order valence-electron chi connectivity index (χ2n) is 8.75. The van der Waals surface area contributed by atoms with Gasteiger partial charge in [-0.3, -0.25) is 4.98 Å². The number of aliphatic carboxylic acids is 1. The Kier molecular flexibility index (Phi) is 10.1. The fourth-order valence-corrected chi connectivity index (χ4v) is 5.00.